The van der Waals surface area contributed by atoms with Gasteiger partial charge in [0.1, 0.15) is 5.65 Å². The van der Waals surface area contributed by atoms with Gasteiger partial charge in [0, 0.05) is 30.7 Å². The molecule has 0 unspecified atom stereocenters. The molecular weight excluding hydrogens is 360 g/mol. The molecule has 0 bridgehead atoms. The number of hydrogen-bond donors (Lipinski definition) is 1. The zero-order chi connectivity index (χ0) is 20.4. The highest BCUT2D eigenvalue weighted by Crippen LogP contribution is 2.27. The Hall–Kier alpha value is -3.47. The summed E-state index contributed by atoms with van der Waals surface area (Å²) in [5.74, 6) is -0.0331. The summed E-state index contributed by atoms with van der Waals surface area (Å²) in [6.45, 7) is 6.72. The first-order chi connectivity index (χ1) is 14.0. The molecule has 1 aromatic carbocycles. The van der Waals surface area contributed by atoms with E-state index in [0.717, 1.165) is 33.7 Å². The van der Waals surface area contributed by atoms with Crippen molar-refractivity contribution >= 4 is 11.6 Å². The van der Waals surface area contributed by atoms with E-state index in [9.17, 15) is 4.79 Å². The van der Waals surface area contributed by atoms with E-state index in [1.165, 1.54) is 11.1 Å². The van der Waals surface area contributed by atoms with Gasteiger partial charge in [0.2, 0.25) is 5.91 Å². The first kappa shape index (κ1) is 18.9. The van der Waals surface area contributed by atoms with Crippen molar-refractivity contribution in [1.82, 2.24) is 19.7 Å². The summed E-state index contributed by atoms with van der Waals surface area (Å²) in [5, 5.41) is 3.00. The summed E-state index contributed by atoms with van der Waals surface area (Å²) >= 11 is 0. The minimum Gasteiger partial charge on any atom is -0.352 e. The number of aromatic nitrogens is 3. The van der Waals surface area contributed by atoms with Gasteiger partial charge in [-0.05, 0) is 73.4 Å². The highest BCUT2D eigenvalue weighted by molar-refractivity contribution is 5.81. The topological polar surface area (TPSA) is 59.3 Å². The molecule has 5 heteroatoms. The molecule has 0 radical (unpaired) electrons. The largest absolute Gasteiger partial charge is 0.352 e. The molecule has 4 rings (SSSR count). The van der Waals surface area contributed by atoms with Crippen LogP contribution in [0.3, 0.4) is 0 Å². The fourth-order valence-electron chi connectivity index (χ4n) is 3.40. The van der Waals surface area contributed by atoms with E-state index in [1.54, 1.807) is 12.4 Å². The Labute approximate surface area is 170 Å². The van der Waals surface area contributed by atoms with Crippen molar-refractivity contribution in [3.8, 4) is 11.3 Å². The fraction of sp³-hybridized carbons (Fsp3) is 0.208. The Morgan fingerprint density at radius 1 is 1.00 bits per heavy atom. The SMILES string of the molecule is Cc1ccn2c(CC(=O)NCc3ccncc3)c(-c3ccc(C)c(C)c3)nc2c1. The number of fused-ring (bicyclic) bond motifs is 1. The smallest absolute Gasteiger partial charge is 0.226 e. The molecule has 1 amide bonds. The molecule has 29 heavy (non-hydrogen) atoms. The Morgan fingerprint density at radius 3 is 2.55 bits per heavy atom. The van der Waals surface area contributed by atoms with Crippen LogP contribution in [0.2, 0.25) is 0 Å². The monoisotopic (exact) mass is 384 g/mol. The molecule has 1 N–H and O–H groups in total. The van der Waals surface area contributed by atoms with Gasteiger partial charge in [0.05, 0.1) is 17.8 Å². The van der Waals surface area contributed by atoms with E-state index >= 15 is 0 Å². The molecule has 0 spiro atoms. The van der Waals surface area contributed by atoms with Gasteiger partial charge in [-0.1, -0.05) is 12.1 Å². The first-order valence-corrected chi connectivity index (χ1v) is 9.72. The second kappa shape index (κ2) is 7.87. The molecule has 146 valence electrons. The summed E-state index contributed by atoms with van der Waals surface area (Å²) in [7, 11) is 0. The number of rotatable bonds is 5. The molecule has 0 atom stereocenters. The quantitative estimate of drug-likeness (QED) is 0.561. The molecule has 0 saturated carbocycles. The average molecular weight is 384 g/mol. The van der Waals surface area contributed by atoms with Crippen LogP contribution in [0.4, 0.5) is 0 Å². The number of carbonyl (C=O) groups is 1. The van der Waals surface area contributed by atoms with Crippen molar-refractivity contribution in [1.29, 1.82) is 0 Å². The molecule has 3 heterocycles. The summed E-state index contributed by atoms with van der Waals surface area (Å²) in [6.07, 6.45) is 5.71. The lowest BCUT2D eigenvalue weighted by Gasteiger charge is -2.09. The number of carbonyl (C=O) groups excluding carboxylic acids is 1. The molecule has 5 nitrogen and oxygen atoms in total. The normalized spacial score (nSPS) is 11.0. The van der Waals surface area contributed by atoms with Crippen molar-refractivity contribution in [2.45, 2.75) is 33.7 Å². The lowest BCUT2D eigenvalue weighted by Crippen LogP contribution is -2.25. The number of imidazole rings is 1. The minimum absolute atomic E-state index is 0.0331. The maximum Gasteiger partial charge on any atom is 0.226 e. The van der Waals surface area contributed by atoms with Gasteiger partial charge in [-0.25, -0.2) is 4.98 Å². The van der Waals surface area contributed by atoms with Crippen LogP contribution in [0.5, 0.6) is 0 Å². The summed E-state index contributed by atoms with van der Waals surface area (Å²) in [4.78, 5) is 21.6. The third-order valence-electron chi connectivity index (χ3n) is 5.23. The fourth-order valence-corrected chi connectivity index (χ4v) is 3.40. The van der Waals surface area contributed by atoms with Crippen LogP contribution in [0.25, 0.3) is 16.9 Å². The van der Waals surface area contributed by atoms with Gasteiger partial charge in [-0.2, -0.15) is 0 Å². The summed E-state index contributed by atoms with van der Waals surface area (Å²) in [6, 6.07) is 14.2. The number of amides is 1. The van der Waals surface area contributed by atoms with Gasteiger partial charge in [0.25, 0.3) is 0 Å². The van der Waals surface area contributed by atoms with Crippen molar-refractivity contribution in [3.05, 3.63) is 89.0 Å². The zero-order valence-electron chi connectivity index (χ0n) is 16.9. The third kappa shape index (κ3) is 4.04. The van der Waals surface area contributed by atoms with Gasteiger partial charge < -0.3 is 9.72 Å². The van der Waals surface area contributed by atoms with E-state index < -0.39 is 0 Å². The van der Waals surface area contributed by atoms with Crippen LogP contribution in [-0.2, 0) is 17.8 Å². The second-order valence-electron chi connectivity index (χ2n) is 7.45. The Bertz CT molecular complexity index is 1180. The Balaban J connectivity index is 1.68. The predicted molar refractivity (Wildman–Crippen MR) is 115 cm³/mol. The molecule has 0 saturated heterocycles. The van der Waals surface area contributed by atoms with Crippen LogP contribution >= 0.6 is 0 Å². The number of nitrogens with one attached hydrogen (secondary N) is 1. The number of aryl methyl sites for hydroxylation is 3. The van der Waals surface area contributed by atoms with E-state index in [1.807, 2.05) is 41.8 Å². The maximum atomic E-state index is 12.7. The van der Waals surface area contributed by atoms with Crippen LogP contribution in [-0.4, -0.2) is 20.3 Å². The number of nitrogens with zero attached hydrogens (tertiary/aromatic N) is 3. The van der Waals surface area contributed by atoms with E-state index in [2.05, 4.69) is 42.3 Å². The molecule has 0 aliphatic heterocycles. The van der Waals surface area contributed by atoms with Crippen LogP contribution in [0.15, 0.2) is 61.1 Å². The predicted octanol–water partition coefficient (Wildman–Crippen LogP) is 4.18. The van der Waals surface area contributed by atoms with E-state index in [4.69, 9.17) is 4.98 Å². The van der Waals surface area contributed by atoms with Crippen molar-refractivity contribution in [3.63, 3.8) is 0 Å². The summed E-state index contributed by atoms with van der Waals surface area (Å²) in [5.41, 5.74) is 8.27. The van der Waals surface area contributed by atoms with Crippen molar-refractivity contribution in [2.75, 3.05) is 0 Å². The Kier molecular flexibility index (Phi) is 5.12. The molecule has 0 aliphatic rings. The maximum absolute atomic E-state index is 12.7. The van der Waals surface area contributed by atoms with Gasteiger partial charge in [0.15, 0.2) is 0 Å². The number of pyridine rings is 2. The summed E-state index contributed by atoms with van der Waals surface area (Å²) < 4.78 is 2.02. The Morgan fingerprint density at radius 2 is 1.79 bits per heavy atom. The highest BCUT2D eigenvalue weighted by Gasteiger charge is 2.17. The highest BCUT2D eigenvalue weighted by atomic mass is 16.1. The minimum atomic E-state index is -0.0331. The zero-order valence-corrected chi connectivity index (χ0v) is 16.9. The van der Waals surface area contributed by atoms with Crippen molar-refractivity contribution in [2.24, 2.45) is 0 Å². The van der Waals surface area contributed by atoms with Crippen LogP contribution in [0.1, 0.15) is 27.9 Å². The number of benzene rings is 1. The molecular formula is C24H24N4O. The second-order valence-corrected chi connectivity index (χ2v) is 7.45. The van der Waals surface area contributed by atoms with E-state index in [0.29, 0.717) is 6.54 Å². The average Bonchev–Trinajstić information content (AvgIpc) is 3.06. The van der Waals surface area contributed by atoms with Crippen LogP contribution < -0.4 is 5.32 Å². The standard InChI is InChI=1S/C24H24N4O/c1-16-8-11-28-21(14-23(29)26-15-19-6-9-25-10-7-19)24(27-22(28)12-16)20-5-4-17(2)18(3)13-20/h4-13H,14-15H2,1-3H3,(H,26,29). The van der Waals surface area contributed by atoms with E-state index in [-0.39, 0.29) is 12.3 Å². The van der Waals surface area contributed by atoms with Crippen LogP contribution in [0, 0.1) is 20.8 Å². The lowest BCUT2D eigenvalue weighted by molar-refractivity contribution is -0.120. The molecule has 0 fully saturated rings. The van der Waals surface area contributed by atoms with Crippen molar-refractivity contribution < 1.29 is 4.79 Å². The first-order valence-electron chi connectivity index (χ1n) is 9.72. The van der Waals surface area contributed by atoms with Gasteiger partial charge in [-0.3, -0.25) is 9.78 Å². The number of hydrogen-bond acceptors (Lipinski definition) is 3. The third-order valence-corrected chi connectivity index (χ3v) is 5.23. The molecule has 3 aromatic heterocycles. The molecule has 0 aliphatic carbocycles. The van der Waals surface area contributed by atoms with Gasteiger partial charge in [-0.15, -0.1) is 0 Å². The lowest BCUT2D eigenvalue weighted by atomic mass is 10.0. The molecule has 4 aromatic rings. The van der Waals surface area contributed by atoms with Gasteiger partial charge >= 0.3 is 0 Å².